The Morgan fingerprint density at radius 3 is 2.66 bits per heavy atom. The number of hydrogen-bond acceptors (Lipinski definition) is 4. The summed E-state index contributed by atoms with van der Waals surface area (Å²) >= 11 is 0. The molecule has 0 saturated carbocycles. The standard InChI is InChI=1S/C24H20FN5O2/c1-14(2)13-30-21(28-23(31)17-8-4-5-9-19(17)25)16(12-26)11-18-22(30)27-20-15(3)7-6-10-29(20)24(18)32/h4-11,14H,13H2,1-3H3. The fourth-order valence-electron chi connectivity index (χ4n) is 3.62. The van der Waals surface area contributed by atoms with Crippen molar-refractivity contribution in [3.63, 3.8) is 0 Å². The molecule has 3 aromatic heterocycles. The number of halogens is 1. The van der Waals surface area contributed by atoms with Gasteiger partial charge in [0, 0.05) is 12.7 Å². The third-order valence-corrected chi connectivity index (χ3v) is 5.08. The Balaban J connectivity index is 2.15. The maximum Gasteiger partial charge on any atom is 0.281 e. The summed E-state index contributed by atoms with van der Waals surface area (Å²) in [5.74, 6) is -1.43. The predicted octanol–water partition coefficient (Wildman–Crippen LogP) is 3.37. The van der Waals surface area contributed by atoms with Crippen LogP contribution < -0.4 is 11.0 Å². The molecule has 8 heteroatoms. The number of carbonyl (C=O) groups excluding carboxylic acids is 1. The van der Waals surface area contributed by atoms with Gasteiger partial charge in [-0.25, -0.2) is 9.37 Å². The summed E-state index contributed by atoms with van der Waals surface area (Å²) in [6, 6.07) is 12.5. The van der Waals surface area contributed by atoms with E-state index in [9.17, 15) is 19.2 Å². The van der Waals surface area contributed by atoms with E-state index >= 15 is 0 Å². The lowest BCUT2D eigenvalue weighted by molar-refractivity contribution is 0.0993. The zero-order valence-electron chi connectivity index (χ0n) is 17.8. The number of aryl methyl sites for hydroxylation is 1. The van der Waals surface area contributed by atoms with Crippen LogP contribution in [0, 0.1) is 30.0 Å². The smallest absolute Gasteiger partial charge is 0.281 e. The first-order valence-electron chi connectivity index (χ1n) is 10.1. The minimum atomic E-state index is -0.815. The first-order valence-corrected chi connectivity index (χ1v) is 10.1. The molecule has 0 aliphatic carbocycles. The second-order valence-electron chi connectivity index (χ2n) is 7.93. The molecule has 0 aliphatic heterocycles. The predicted molar refractivity (Wildman–Crippen MR) is 118 cm³/mol. The molecule has 7 nitrogen and oxygen atoms in total. The third-order valence-electron chi connectivity index (χ3n) is 5.08. The van der Waals surface area contributed by atoms with Gasteiger partial charge in [-0.2, -0.15) is 10.3 Å². The molecule has 4 aromatic rings. The van der Waals surface area contributed by atoms with E-state index in [0.717, 1.165) is 5.56 Å². The summed E-state index contributed by atoms with van der Waals surface area (Å²) in [6.45, 7) is 6.11. The van der Waals surface area contributed by atoms with Crippen LogP contribution in [0.15, 0.2) is 58.4 Å². The molecule has 0 N–H and O–H groups in total. The number of rotatable bonds is 3. The molecule has 0 radical (unpaired) electrons. The molecule has 32 heavy (non-hydrogen) atoms. The molecule has 0 bridgehead atoms. The monoisotopic (exact) mass is 429 g/mol. The fraction of sp³-hybridized carbons (Fsp3) is 0.208. The number of pyridine rings is 2. The molecule has 0 aliphatic rings. The van der Waals surface area contributed by atoms with Crippen LogP contribution in [0.1, 0.15) is 35.3 Å². The van der Waals surface area contributed by atoms with Crippen molar-refractivity contribution in [2.45, 2.75) is 27.3 Å². The van der Waals surface area contributed by atoms with Gasteiger partial charge in [-0.15, -0.1) is 0 Å². The van der Waals surface area contributed by atoms with Crippen LogP contribution in [0.2, 0.25) is 0 Å². The molecule has 3 heterocycles. The van der Waals surface area contributed by atoms with E-state index < -0.39 is 11.7 Å². The first-order chi connectivity index (χ1) is 15.3. The van der Waals surface area contributed by atoms with Crippen molar-refractivity contribution in [3.05, 3.63) is 87.0 Å². The number of carbonyl (C=O) groups is 1. The van der Waals surface area contributed by atoms with Crippen molar-refractivity contribution in [2.75, 3.05) is 0 Å². The summed E-state index contributed by atoms with van der Waals surface area (Å²) in [6.07, 6.45) is 1.62. The molecular weight excluding hydrogens is 409 g/mol. The first kappa shape index (κ1) is 21.1. The molecular formula is C24H20FN5O2. The SMILES string of the molecule is Cc1cccn2c(=O)c3cc(C#N)c(=NC(=O)c4ccccc4F)n(CC(C)C)c3nc12. The highest BCUT2D eigenvalue weighted by Crippen LogP contribution is 2.14. The highest BCUT2D eigenvalue weighted by molar-refractivity contribution is 5.95. The molecule has 0 spiro atoms. The topological polar surface area (TPSA) is 92.5 Å². The van der Waals surface area contributed by atoms with Gasteiger partial charge in [0.15, 0.2) is 5.49 Å². The van der Waals surface area contributed by atoms with E-state index in [1.54, 1.807) is 16.8 Å². The van der Waals surface area contributed by atoms with Crippen LogP contribution in [0.5, 0.6) is 0 Å². The lowest BCUT2D eigenvalue weighted by Gasteiger charge is -2.15. The van der Waals surface area contributed by atoms with E-state index in [1.165, 1.54) is 34.7 Å². The Hall–Kier alpha value is -4.12. The van der Waals surface area contributed by atoms with E-state index in [2.05, 4.69) is 4.99 Å². The third kappa shape index (κ3) is 3.58. The van der Waals surface area contributed by atoms with Crippen LogP contribution >= 0.6 is 0 Å². The van der Waals surface area contributed by atoms with Gasteiger partial charge >= 0.3 is 0 Å². The highest BCUT2D eigenvalue weighted by Gasteiger charge is 2.17. The van der Waals surface area contributed by atoms with Crippen molar-refractivity contribution in [3.8, 4) is 6.07 Å². The second-order valence-corrected chi connectivity index (χ2v) is 7.93. The Kier molecular flexibility index (Phi) is 5.41. The minimum Gasteiger partial charge on any atom is -0.309 e. The summed E-state index contributed by atoms with van der Waals surface area (Å²) in [5, 5.41) is 10.0. The van der Waals surface area contributed by atoms with Crippen molar-refractivity contribution in [2.24, 2.45) is 10.9 Å². The zero-order valence-corrected chi connectivity index (χ0v) is 17.8. The molecule has 0 saturated heterocycles. The Morgan fingerprint density at radius 2 is 1.97 bits per heavy atom. The number of amides is 1. The van der Waals surface area contributed by atoms with Gasteiger partial charge < -0.3 is 4.57 Å². The van der Waals surface area contributed by atoms with Gasteiger partial charge in [-0.3, -0.25) is 14.0 Å². The maximum absolute atomic E-state index is 14.2. The lowest BCUT2D eigenvalue weighted by atomic mass is 10.1. The van der Waals surface area contributed by atoms with Crippen LogP contribution in [-0.4, -0.2) is 19.9 Å². The maximum atomic E-state index is 14.2. The largest absolute Gasteiger partial charge is 0.309 e. The highest BCUT2D eigenvalue weighted by atomic mass is 19.1. The van der Waals surface area contributed by atoms with E-state index in [-0.39, 0.29) is 33.5 Å². The molecule has 160 valence electrons. The average Bonchev–Trinajstić information content (AvgIpc) is 2.76. The minimum absolute atomic E-state index is 0.0364. The molecule has 1 aromatic carbocycles. The summed E-state index contributed by atoms with van der Waals surface area (Å²) in [4.78, 5) is 34.8. The van der Waals surface area contributed by atoms with Crippen LogP contribution in [0.3, 0.4) is 0 Å². The molecule has 0 atom stereocenters. The Morgan fingerprint density at radius 1 is 1.22 bits per heavy atom. The normalized spacial score (nSPS) is 11.9. The second kappa shape index (κ2) is 8.19. The van der Waals surface area contributed by atoms with Crippen molar-refractivity contribution < 1.29 is 9.18 Å². The van der Waals surface area contributed by atoms with Gasteiger partial charge in [-0.1, -0.05) is 32.0 Å². The van der Waals surface area contributed by atoms with Gasteiger partial charge in [0.05, 0.1) is 16.5 Å². The van der Waals surface area contributed by atoms with Crippen molar-refractivity contribution >= 4 is 22.6 Å². The summed E-state index contributed by atoms with van der Waals surface area (Å²) < 4.78 is 17.2. The van der Waals surface area contributed by atoms with Crippen LogP contribution in [0.4, 0.5) is 4.39 Å². The lowest BCUT2D eigenvalue weighted by Crippen LogP contribution is -2.31. The number of hydrogen-bond donors (Lipinski definition) is 0. The number of benzene rings is 1. The number of aromatic nitrogens is 3. The fourth-order valence-corrected chi connectivity index (χ4v) is 3.62. The zero-order chi connectivity index (χ0) is 23.0. The van der Waals surface area contributed by atoms with Crippen molar-refractivity contribution in [1.29, 1.82) is 5.26 Å². The summed E-state index contributed by atoms with van der Waals surface area (Å²) in [5.41, 5.74) is 1.15. The number of fused-ring (bicyclic) bond motifs is 2. The van der Waals surface area contributed by atoms with Gasteiger partial charge in [-0.05, 0) is 42.7 Å². The molecule has 1 amide bonds. The number of nitriles is 1. The number of nitrogens with zero attached hydrogens (tertiary/aromatic N) is 5. The van der Waals surface area contributed by atoms with Crippen LogP contribution in [-0.2, 0) is 6.54 Å². The van der Waals surface area contributed by atoms with E-state index in [0.29, 0.717) is 17.8 Å². The molecule has 0 unspecified atom stereocenters. The Bertz CT molecular complexity index is 1560. The average molecular weight is 429 g/mol. The van der Waals surface area contributed by atoms with Gasteiger partial charge in [0.25, 0.3) is 11.5 Å². The molecule has 0 fully saturated rings. The van der Waals surface area contributed by atoms with E-state index in [4.69, 9.17) is 4.98 Å². The quantitative estimate of drug-likeness (QED) is 0.467. The van der Waals surface area contributed by atoms with E-state index in [1.807, 2.05) is 32.9 Å². The van der Waals surface area contributed by atoms with Gasteiger partial charge in [0.2, 0.25) is 0 Å². The Labute approximate surface area is 182 Å². The van der Waals surface area contributed by atoms with Gasteiger partial charge in [0.1, 0.15) is 23.2 Å². The van der Waals surface area contributed by atoms with Crippen LogP contribution in [0.25, 0.3) is 16.7 Å². The van der Waals surface area contributed by atoms with Crippen molar-refractivity contribution in [1.82, 2.24) is 14.0 Å². The molecule has 4 rings (SSSR count). The summed E-state index contributed by atoms with van der Waals surface area (Å²) in [7, 11) is 0.